The van der Waals surface area contributed by atoms with Crippen molar-refractivity contribution in [1.82, 2.24) is 4.72 Å². The van der Waals surface area contributed by atoms with Gasteiger partial charge in [-0.15, -0.1) is 0 Å². The fourth-order valence-electron chi connectivity index (χ4n) is 2.38. The largest absolute Gasteiger partial charge is 0.497 e. The van der Waals surface area contributed by atoms with Crippen molar-refractivity contribution >= 4 is 21.6 Å². The van der Waals surface area contributed by atoms with Gasteiger partial charge in [-0.3, -0.25) is 4.79 Å². The van der Waals surface area contributed by atoms with Crippen LogP contribution in [-0.2, 0) is 14.8 Å². The van der Waals surface area contributed by atoms with Gasteiger partial charge in [-0.05, 0) is 36.4 Å². The zero-order valence-electron chi connectivity index (χ0n) is 14.9. The van der Waals surface area contributed by atoms with Crippen LogP contribution in [0.2, 0.25) is 0 Å². The van der Waals surface area contributed by atoms with Crippen molar-refractivity contribution in [2.75, 3.05) is 32.2 Å². The van der Waals surface area contributed by atoms with Gasteiger partial charge in [-0.2, -0.15) is 0 Å². The maximum atomic E-state index is 12.3. The molecule has 0 heterocycles. The zero-order valence-corrected chi connectivity index (χ0v) is 15.7. The summed E-state index contributed by atoms with van der Waals surface area (Å²) in [4.78, 5) is 13.6. The highest BCUT2D eigenvalue weighted by Gasteiger charge is 2.16. The van der Waals surface area contributed by atoms with Crippen LogP contribution >= 0.6 is 0 Å². The van der Waals surface area contributed by atoms with E-state index >= 15 is 0 Å². The lowest BCUT2D eigenvalue weighted by molar-refractivity contribution is -0.116. The Morgan fingerprint density at radius 3 is 2.27 bits per heavy atom. The van der Waals surface area contributed by atoms with Crippen molar-refractivity contribution in [2.24, 2.45) is 0 Å². The van der Waals surface area contributed by atoms with E-state index in [1.165, 1.54) is 31.1 Å². The Morgan fingerprint density at radius 1 is 1.04 bits per heavy atom. The lowest BCUT2D eigenvalue weighted by atomic mass is 10.2. The van der Waals surface area contributed by atoms with E-state index in [0.29, 0.717) is 17.2 Å². The lowest BCUT2D eigenvalue weighted by Gasteiger charge is -2.22. The van der Waals surface area contributed by atoms with E-state index in [-0.39, 0.29) is 23.9 Å². The molecule has 0 atom stereocenters. The average molecular weight is 378 g/mol. The summed E-state index contributed by atoms with van der Waals surface area (Å²) < 4.78 is 37.4. The molecule has 0 aliphatic rings. The Bertz CT molecular complexity index is 850. The lowest BCUT2D eigenvalue weighted by Crippen LogP contribution is -2.37. The third-order valence-electron chi connectivity index (χ3n) is 3.74. The predicted molar refractivity (Wildman–Crippen MR) is 99.2 cm³/mol. The second kappa shape index (κ2) is 8.68. The number of benzene rings is 2. The molecule has 0 spiro atoms. The summed E-state index contributed by atoms with van der Waals surface area (Å²) in [5.41, 5.74) is 0.639. The Balaban J connectivity index is 2.05. The molecule has 2 rings (SSSR count). The van der Waals surface area contributed by atoms with Gasteiger partial charge in [0, 0.05) is 31.8 Å². The van der Waals surface area contributed by atoms with Gasteiger partial charge in [0.1, 0.15) is 11.5 Å². The fraction of sp³-hybridized carbons (Fsp3) is 0.278. The Labute approximate surface area is 153 Å². The van der Waals surface area contributed by atoms with Crippen molar-refractivity contribution in [2.45, 2.75) is 11.8 Å². The van der Waals surface area contributed by atoms with Gasteiger partial charge in [0.15, 0.2) is 0 Å². The molecule has 2 aromatic carbocycles. The third-order valence-corrected chi connectivity index (χ3v) is 5.22. The van der Waals surface area contributed by atoms with E-state index in [2.05, 4.69) is 4.72 Å². The molecule has 1 N–H and O–H groups in total. The molecule has 0 saturated heterocycles. The summed E-state index contributed by atoms with van der Waals surface area (Å²) in [6.07, 6.45) is 0. The normalized spacial score (nSPS) is 11.0. The van der Waals surface area contributed by atoms with Crippen LogP contribution in [0.3, 0.4) is 0 Å². The number of carbonyl (C=O) groups excluding carboxylic acids is 1. The summed E-state index contributed by atoms with van der Waals surface area (Å²) in [5.74, 6) is 0.999. The van der Waals surface area contributed by atoms with Crippen molar-refractivity contribution in [3.8, 4) is 11.5 Å². The molecule has 7 nitrogen and oxygen atoms in total. The number of sulfonamides is 1. The topological polar surface area (TPSA) is 84.9 Å². The number of nitrogens with one attached hydrogen (secondary N) is 1. The molecule has 1 amide bonds. The Morgan fingerprint density at radius 2 is 1.69 bits per heavy atom. The molecule has 8 heteroatoms. The van der Waals surface area contributed by atoms with Gasteiger partial charge < -0.3 is 14.4 Å². The van der Waals surface area contributed by atoms with Gasteiger partial charge >= 0.3 is 0 Å². The average Bonchev–Trinajstić information content (AvgIpc) is 2.65. The summed E-state index contributed by atoms with van der Waals surface area (Å²) >= 11 is 0. The van der Waals surface area contributed by atoms with Crippen LogP contribution in [-0.4, -0.2) is 41.6 Å². The highest BCUT2D eigenvalue weighted by atomic mass is 32.2. The van der Waals surface area contributed by atoms with E-state index in [0.717, 1.165) is 0 Å². The number of methoxy groups -OCH3 is 2. The smallest absolute Gasteiger partial charge is 0.240 e. The second-order valence-corrected chi connectivity index (χ2v) is 7.21. The molecule has 0 fully saturated rings. The van der Waals surface area contributed by atoms with Crippen LogP contribution in [0.4, 0.5) is 5.69 Å². The number of rotatable bonds is 8. The molecule has 0 aliphatic heterocycles. The monoisotopic (exact) mass is 378 g/mol. The highest BCUT2D eigenvalue weighted by Crippen LogP contribution is 2.21. The molecule has 0 aliphatic carbocycles. The number of amides is 1. The van der Waals surface area contributed by atoms with Gasteiger partial charge in [-0.1, -0.05) is 6.07 Å². The maximum absolute atomic E-state index is 12.3. The van der Waals surface area contributed by atoms with Crippen LogP contribution in [0.5, 0.6) is 11.5 Å². The van der Waals surface area contributed by atoms with Crippen molar-refractivity contribution in [1.29, 1.82) is 0 Å². The Hall–Kier alpha value is -2.58. The minimum absolute atomic E-state index is 0.0746. The number of ether oxygens (including phenoxy) is 2. The van der Waals surface area contributed by atoms with Gasteiger partial charge in [0.05, 0.1) is 19.1 Å². The van der Waals surface area contributed by atoms with E-state index < -0.39 is 10.0 Å². The van der Waals surface area contributed by atoms with Crippen molar-refractivity contribution in [3.63, 3.8) is 0 Å². The minimum atomic E-state index is -3.67. The van der Waals surface area contributed by atoms with E-state index in [1.807, 2.05) is 0 Å². The maximum Gasteiger partial charge on any atom is 0.240 e. The number of hydrogen-bond donors (Lipinski definition) is 1. The summed E-state index contributed by atoms with van der Waals surface area (Å²) in [5, 5.41) is 0. The first kappa shape index (κ1) is 19.7. The molecule has 0 radical (unpaired) electrons. The first-order valence-corrected chi connectivity index (χ1v) is 9.41. The van der Waals surface area contributed by atoms with Gasteiger partial charge in [-0.25, -0.2) is 13.1 Å². The highest BCUT2D eigenvalue weighted by molar-refractivity contribution is 7.89. The fourth-order valence-corrected chi connectivity index (χ4v) is 3.40. The van der Waals surface area contributed by atoms with Gasteiger partial charge in [0.2, 0.25) is 15.9 Å². The predicted octanol–water partition coefficient (Wildman–Crippen LogP) is 2.04. The molecule has 26 heavy (non-hydrogen) atoms. The molecule has 0 unspecified atom stereocenters. The van der Waals surface area contributed by atoms with Crippen LogP contribution in [0.25, 0.3) is 0 Å². The molecular formula is C18H22N2O5S. The number of hydrogen-bond acceptors (Lipinski definition) is 5. The van der Waals surface area contributed by atoms with E-state index in [1.54, 1.807) is 43.5 Å². The van der Waals surface area contributed by atoms with E-state index in [4.69, 9.17) is 9.47 Å². The summed E-state index contributed by atoms with van der Waals surface area (Å²) in [7, 11) is -0.617. The Kier molecular flexibility index (Phi) is 6.59. The van der Waals surface area contributed by atoms with Crippen LogP contribution in [0.1, 0.15) is 6.92 Å². The first-order chi connectivity index (χ1) is 12.4. The molecule has 2 aromatic rings. The standard InChI is InChI=1S/C18H22N2O5S/c1-14(21)20(15-5-4-6-17(13-15)25-3)12-11-19-26(22,23)18-9-7-16(24-2)8-10-18/h4-10,13,19H,11-12H2,1-3H3. The zero-order chi connectivity index (χ0) is 19.2. The van der Waals surface area contributed by atoms with Gasteiger partial charge in [0.25, 0.3) is 0 Å². The molecule has 0 aromatic heterocycles. The quantitative estimate of drug-likeness (QED) is 0.760. The van der Waals surface area contributed by atoms with Crippen molar-refractivity contribution < 1.29 is 22.7 Å². The SMILES string of the molecule is COc1ccc(S(=O)(=O)NCCN(C(C)=O)c2cccc(OC)c2)cc1. The van der Waals surface area contributed by atoms with E-state index in [9.17, 15) is 13.2 Å². The molecule has 0 saturated carbocycles. The third kappa shape index (κ3) is 4.96. The summed E-state index contributed by atoms with van der Waals surface area (Å²) in [6, 6.07) is 13.1. The minimum Gasteiger partial charge on any atom is -0.497 e. The number of anilines is 1. The number of nitrogens with zero attached hydrogens (tertiary/aromatic N) is 1. The second-order valence-electron chi connectivity index (χ2n) is 5.45. The summed E-state index contributed by atoms with van der Waals surface area (Å²) in [6.45, 7) is 1.69. The number of carbonyl (C=O) groups is 1. The van der Waals surface area contributed by atoms with Crippen LogP contribution in [0, 0.1) is 0 Å². The van der Waals surface area contributed by atoms with Crippen molar-refractivity contribution in [3.05, 3.63) is 48.5 Å². The molecular weight excluding hydrogens is 356 g/mol. The van der Waals surface area contributed by atoms with Crippen LogP contribution < -0.4 is 19.1 Å². The molecule has 0 bridgehead atoms. The first-order valence-electron chi connectivity index (χ1n) is 7.93. The molecule has 140 valence electrons. The van der Waals surface area contributed by atoms with Crippen LogP contribution in [0.15, 0.2) is 53.4 Å².